The van der Waals surface area contributed by atoms with E-state index in [2.05, 4.69) is 15.4 Å². The highest BCUT2D eigenvalue weighted by molar-refractivity contribution is 5.99. The van der Waals surface area contributed by atoms with Crippen molar-refractivity contribution in [1.29, 1.82) is 0 Å². The molecule has 0 saturated carbocycles. The van der Waals surface area contributed by atoms with Crippen LogP contribution in [0.5, 0.6) is 0 Å². The molecule has 25 heavy (non-hydrogen) atoms. The summed E-state index contributed by atoms with van der Waals surface area (Å²) >= 11 is 0. The van der Waals surface area contributed by atoms with Crippen molar-refractivity contribution in [2.75, 3.05) is 13.2 Å². The van der Waals surface area contributed by atoms with Crippen LogP contribution in [0.25, 0.3) is 11.0 Å². The first kappa shape index (κ1) is 17.3. The van der Waals surface area contributed by atoms with E-state index in [4.69, 9.17) is 4.74 Å². The van der Waals surface area contributed by atoms with Crippen molar-refractivity contribution >= 4 is 22.9 Å². The first-order chi connectivity index (χ1) is 11.8. The number of aryl methyl sites for hydroxylation is 3. The number of nitrogens with zero attached hydrogens (tertiary/aromatic N) is 3. The maximum absolute atomic E-state index is 12.9. The summed E-state index contributed by atoms with van der Waals surface area (Å²) in [5.74, 6) is -1.24. The van der Waals surface area contributed by atoms with Gasteiger partial charge < -0.3 is 15.2 Å². The van der Waals surface area contributed by atoms with Crippen molar-refractivity contribution in [3.05, 3.63) is 23.0 Å². The number of carbonyl (C=O) groups excluding carboxylic acids is 1. The van der Waals surface area contributed by atoms with Gasteiger partial charge in [0.05, 0.1) is 28.9 Å². The largest absolute Gasteiger partial charge is 0.481 e. The minimum absolute atomic E-state index is 0.122. The lowest BCUT2D eigenvalue weighted by molar-refractivity contribution is -0.139. The standard InChI is InChI=1S/C17H22N4O4/c1-10-13(8-12-11(2)20-21(3)15(12)18-10)16(24)19-17(9-14(22)23)4-6-25-7-5-17/h8H,4-7,9H2,1-3H3,(H,19,24)(H,22,23). The lowest BCUT2D eigenvalue weighted by Crippen LogP contribution is -2.53. The quantitative estimate of drug-likeness (QED) is 0.865. The second-order valence-electron chi connectivity index (χ2n) is 6.62. The average Bonchev–Trinajstić information content (AvgIpc) is 2.80. The second-order valence-corrected chi connectivity index (χ2v) is 6.62. The maximum atomic E-state index is 12.9. The third-order valence-electron chi connectivity index (χ3n) is 4.75. The molecule has 0 aromatic carbocycles. The fraction of sp³-hybridized carbons (Fsp3) is 0.529. The molecule has 2 N–H and O–H groups in total. The molecule has 0 spiro atoms. The maximum Gasteiger partial charge on any atom is 0.305 e. The third-order valence-corrected chi connectivity index (χ3v) is 4.75. The molecular formula is C17H22N4O4. The topological polar surface area (TPSA) is 106 Å². The van der Waals surface area contributed by atoms with E-state index in [9.17, 15) is 14.7 Å². The van der Waals surface area contributed by atoms with E-state index in [1.807, 2.05) is 14.0 Å². The monoisotopic (exact) mass is 346 g/mol. The van der Waals surface area contributed by atoms with Gasteiger partial charge in [-0.2, -0.15) is 5.10 Å². The predicted molar refractivity (Wildman–Crippen MR) is 90.5 cm³/mol. The lowest BCUT2D eigenvalue weighted by Gasteiger charge is -2.36. The summed E-state index contributed by atoms with van der Waals surface area (Å²) in [4.78, 5) is 28.6. The summed E-state index contributed by atoms with van der Waals surface area (Å²) in [5, 5.41) is 17.3. The molecule has 1 amide bonds. The molecule has 8 nitrogen and oxygen atoms in total. The Kier molecular flexibility index (Phi) is 4.47. The fourth-order valence-electron chi connectivity index (χ4n) is 3.37. The molecule has 2 aromatic rings. The van der Waals surface area contributed by atoms with Gasteiger partial charge in [0, 0.05) is 25.6 Å². The molecule has 134 valence electrons. The van der Waals surface area contributed by atoms with E-state index in [1.165, 1.54) is 0 Å². The zero-order valence-corrected chi connectivity index (χ0v) is 14.6. The van der Waals surface area contributed by atoms with Crippen LogP contribution in [0.15, 0.2) is 6.07 Å². The van der Waals surface area contributed by atoms with Gasteiger partial charge in [-0.05, 0) is 32.8 Å². The fourth-order valence-corrected chi connectivity index (χ4v) is 3.37. The smallest absolute Gasteiger partial charge is 0.305 e. The number of carboxylic acid groups (broad SMARTS) is 1. The SMILES string of the molecule is Cc1nc2c(cc1C(=O)NC1(CC(=O)O)CCOCC1)c(C)nn2C. The summed E-state index contributed by atoms with van der Waals surface area (Å²) < 4.78 is 7.01. The molecule has 0 aliphatic carbocycles. The van der Waals surface area contributed by atoms with Crippen LogP contribution < -0.4 is 5.32 Å². The first-order valence-corrected chi connectivity index (χ1v) is 8.24. The Hall–Kier alpha value is -2.48. The van der Waals surface area contributed by atoms with Crippen LogP contribution in [-0.4, -0.2) is 50.5 Å². The molecule has 8 heteroatoms. The van der Waals surface area contributed by atoms with Gasteiger partial charge in [-0.15, -0.1) is 0 Å². The Morgan fingerprint density at radius 3 is 2.64 bits per heavy atom. The number of carbonyl (C=O) groups is 2. The molecule has 3 rings (SSSR count). The molecule has 1 fully saturated rings. The number of ether oxygens (including phenoxy) is 1. The van der Waals surface area contributed by atoms with Crippen LogP contribution in [0.4, 0.5) is 0 Å². The van der Waals surface area contributed by atoms with Gasteiger partial charge in [0.1, 0.15) is 0 Å². The number of nitrogens with one attached hydrogen (secondary N) is 1. The Morgan fingerprint density at radius 1 is 1.32 bits per heavy atom. The van der Waals surface area contributed by atoms with E-state index in [0.717, 1.165) is 16.7 Å². The number of hydrogen-bond donors (Lipinski definition) is 2. The second kappa shape index (κ2) is 6.44. The molecule has 2 aromatic heterocycles. The molecule has 0 bridgehead atoms. The van der Waals surface area contributed by atoms with Gasteiger partial charge >= 0.3 is 5.97 Å². The first-order valence-electron chi connectivity index (χ1n) is 8.24. The molecule has 0 atom stereocenters. The van der Waals surface area contributed by atoms with Crippen LogP contribution >= 0.6 is 0 Å². The molecule has 1 saturated heterocycles. The van der Waals surface area contributed by atoms with Gasteiger partial charge in [-0.25, -0.2) is 4.98 Å². The van der Waals surface area contributed by atoms with E-state index in [-0.39, 0.29) is 12.3 Å². The van der Waals surface area contributed by atoms with E-state index in [0.29, 0.717) is 37.3 Å². The summed E-state index contributed by atoms with van der Waals surface area (Å²) in [6.07, 6.45) is 0.833. The molecular weight excluding hydrogens is 324 g/mol. The van der Waals surface area contributed by atoms with Crippen molar-refractivity contribution in [2.24, 2.45) is 7.05 Å². The van der Waals surface area contributed by atoms with Crippen molar-refractivity contribution in [2.45, 2.75) is 38.6 Å². The number of fused-ring (bicyclic) bond motifs is 1. The Morgan fingerprint density at radius 2 is 2.00 bits per heavy atom. The van der Waals surface area contributed by atoms with Gasteiger partial charge in [-0.3, -0.25) is 14.3 Å². The zero-order valence-electron chi connectivity index (χ0n) is 14.6. The number of aromatic nitrogens is 3. The molecule has 3 heterocycles. The Labute approximate surface area is 145 Å². The van der Waals surface area contributed by atoms with Crippen LogP contribution in [0, 0.1) is 13.8 Å². The molecule has 0 unspecified atom stereocenters. The van der Waals surface area contributed by atoms with Crippen molar-refractivity contribution in [3.63, 3.8) is 0 Å². The Bertz CT molecular complexity index is 837. The predicted octanol–water partition coefficient (Wildman–Crippen LogP) is 1.34. The van der Waals surface area contributed by atoms with Crippen LogP contribution in [0.3, 0.4) is 0 Å². The van der Waals surface area contributed by atoms with Crippen LogP contribution in [0.1, 0.15) is 41.0 Å². The van der Waals surface area contributed by atoms with Crippen LogP contribution in [-0.2, 0) is 16.6 Å². The Balaban J connectivity index is 1.94. The van der Waals surface area contributed by atoms with Crippen LogP contribution in [0.2, 0.25) is 0 Å². The summed E-state index contributed by atoms with van der Waals surface area (Å²) in [5.41, 5.74) is 1.76. The highest BCUT2D eigenvalue weighted by Gasteiger charge is 2.37. The highest BCUT2D eigenvalue weighted by Crippen LogP contribution is 2.26. The van der Waals surface area contributed by atoms with Gasteiger partial charge in [0.25, 0.3) is 5.91 Å². The van der Waals surface area contributed by atoms with Gasteiger partial charge in [0.15, 0.2) is 5.65 Å². The highest BCUT2D eigenvalue weighted by atomic mass is 16.5. The van der Waals surface area contributed by atoms with E-state index < -0.39 is 11.5 Å². The summed E-state index contributed by atoms with van der Waals surface area (Å²) in [6.45, 7) is 4.51. The van der Waals surface area contributed by atoms with Gasteiger partial charge in [0.2, 0.25) is 0 Å². The van der Waals surface area contributed by atoms with Crippen molar-refractivity contribution in [3.8, 4) is 0 Å². The summed E-state index contributed by atoms with van der Waals surface area (Å²) in [6, 6.07) is 1.78. The van der Waals surface area contributed by atoms with E-state index in [1.54, 1.807) is 17.7 Å². The number of rotatable bonds is 4. The zero-order chi connectivity index (χ0) is 18.2. The van der Waals surface area contributed by atoms with E-state index >= 15 is 0 Å². The normalized spacial score (nSPS) is 16.8. The third kappa shape index (κ3) is 3.34. The number of carboxylic acids is 1. The lowest BCUT2D eigenvalue weighted by atomic mass is 9.86. The minimum Gasteiger partial charge on any atom is -0.481 e. The number of pyridine rings is 1. The minimum atomic E-state index is -0.935. The molecule has 1 aliphatic rings. The van der Waals surface area contributed by atoms with Crippen molar-refractivity contribution in [1.82, 2.24) is 20.1 Å². The molecule has 1 aliphatic heterocycles. The number of amides is 1. The number of hydrogen-bond acceptors (Lipinski definition) is 5. The number of aliphatic carboxylic acids is 1. The van der Waals surface area contributed by atoms with Gasteiger partial charge in [-0.1, -0.05) is 0 Å². The average molecular weight is 346 g/mol. The summed E-state index contributed by atoms with van der Waals surface area (Å²) in [7, 11) is 1.81. The van der Waals surface area contributed by atoms with Crippen molar-refractivity contribution < 1.29 is 19.4 Å². The molecule has 0 radical (unpaired) electrons.